The van der Waals surface area contributed by atoms with Crippen LogP contribution < -0.4 is 62.8 Å². The molecule has 0 bridgehead atoms. The Bertz CT molecular complexity index is 2380. The number of hydrogen-bond donors (Lipinski definition) is 6. The molecule has 0 radical (unpaired) electrons. The molecule has 6 aromatic rings. The summed E-state index contributed by atoms with van der Waals surface area (Å²) in [5, 5.41) is 0. The summed E-state index contributed by atoms with van der Waals surface area (Å²) in [4.78, 5) is 23.5. The van der Waals surface area contributed by atoms with Gasteiger partial charge in [0, 0.05) is 73.6 Å². The smallest absolute Gasteiger partial charge is 0.145 e. The number of nitrogen functional groups attached to an aromatic ring is 6. The van der Waals surface area contributed by atoms with Crippen LogP contribution in [-0.2, 0) is 0 Å². The van der Waals surface area contributed by atoms with Gasteiger partial charge in [0.05, 0.1) is 108 Å². The maximum atomic E-state index is 5.82. The van der Waals surface area contributed by atoms with Crippen molar-refractivity contribution < 1.29 is 28.4 Å². The van der Waals surface area contributed by atoms with E-state index in [0.29, 0.717) is 70.7 Å². The van der Waals surface area contributed by atoms with E-state index >= 15 is 0 Å². The van der Waals surface area contributed by atoms with Crippen LogP contribution in [-0.4, -0.2) is 66.5 Å². The summed E-state index contributed by atoms with van der Waals surface area (Å²) in [6, 6.07) is 11.0. The zero-order chi connectivity index (χ0) is 56.7. The van der Waals surface area contributed by atoms with Crippen molar-refractivity contribution in [2.75, 3.05) is 34.4 Å². The van der Waals surface area contributed by atoms with Gasteiger partial charge in [-0.1, -0.05) is 19.3 Å². The molecule has 18 heteroatoms. The number of nitrogens with zero attached hydrogens (tertiary/aromatic N) is 6. The SMILES string of the molecule is Nc1cnccc1OC1CCCC1.Nc1cnccc1OC1CCCC1.Nc1cnccc1OC1CCCC1.Nc1cnccc1OC1CCCCC1.Nc1cnccc1OC1CCCCC1.Nc1cnccc1OC1CCCCC1. The molecule has 81 heavy (non-hydrogen) atoms. The van der Waals surface area contributed by atoms with E-state index in [1.807, 2.05) is 36.4 Å². The van der Waals surface area contributed by atoms with Crippen LogP contribution in [0.2, 0.25) is 0 Å². The van der Waals surface area contributed by atoms with Crippen LogP contribution in [0.5, 0.6) is 34.5 Å². The Morgan fingerprint density at radius 2 is 0.358 bits per heavy atom. The van der Waals surface area contributed by atoms with E-state index in [9.17, 15) is 0 Å². The normalized spacial score (nSPS) is 17.8. The van der Waals surface area contributed by atoms with Gasteiger partial charge in [-0.25, -0.2) is 0 Å². The average molecular weight is 1110 g/mol. The first-order valence-corrected chi connectivity index (χ1v) is 29.8. The fourth-order valence-corrected chi connectivity index (χ4v) is 10.7. The molecule has 12 rings (SSSR count). The van der Waals surface area contributed by atoms with Crippen LogP contribution >= 0.6 is 0 Å². The van der Waals surface area contributed by atoms with Crippen LogP contribution in [0.25, 0.3) is 0 Å². The predicted molar refractivity (Wildman–Crippen MR) is 323 cm³/mol. The van der Waals surface area contributed by atoms with Crippen LogP contribution in [0.15, 0.2) is 111 Å². The molecule has 438 valence electrons. The highest BCUT2D eigenvalue weighted by Crippen LogP contribution is 2.32. The molecule has 0 aliphatic heterocycles. The van der Waals surface area contributed by atoms with Crippen molar-refractivity contribution in [2.24, 2.45) is 0 Å². The molecule has 6 aliphatic rings. The van der Waals surface area contributed by atoms with Crippen LogP contribution in [0.1, 0.15) is 173 Å². The van der Waals surface area contributed by atoms with Gasteiger partial charge in [-0.3, -0.25) is 29.9 Å². The van der Waals surface area contributed by atoms with Gasteiger partial charge in [-0.2, -0.15) is 0 Å². The molecular weight excluding hydrogens is 1020 g/mol. The average Bonchev–Trinajstić information content (AvgIpc) is 4.34. The summed E-state index contributed by atoms with van der Waals surface area (Å²) in [5.41, 5.74) is 38.2. The lowest BCUT2D eigenvalue weighted by atomic mass is 9.98. The third kappa shape index (κ3) is 22.2. The minimum Gasteiger partial charge on any atom is -0.488 e. The van der Waals surface area contributed by atoms with E-state index in [2.05, 4.69) is 29.9 Å². The summed E-state index contributed by atoms with van der Waals surface area (Å²) < 4.78 is 34.7. The summed E-state index contributed by atoms with van der Waals surface area (Å²) >= 11 is 0. The van der Waals surface area contributed by atoms with E-state index < -0.39 is 0 Å². The predicted octanol–water partition coefficient (Wildman–Crippen LogP) is 13.1. The number of aromatic nitrogens is 6. The number of hydrogen-bond acceptors (Lipinski definition) is 18. The second-order valence-electron chi connectivity index (χ2n) is 21.7. The Labute approximate surface area is 480 Å². The van der Waals surface area contributed by atoms with Gasteiger partial charge in [0.15, 0.2) is 0 Å². The molecule has 6 fully saturated rings. The maximum Gasteiger partial charge on any atom is 0.145 e. The number of nitrogens with two attached hydrogens (primary N) is 6. The van der Waals surface area contributed by atoms with Gasteiger partial charge in [0.1, 0.15) is 34.5 Å². The number of rotatable bonds is 12. The lowest BCUT2D eigenvalue weighted by Crippen LogP contribution is -2.20. The van der Waals surface area contributed by atoms with E-state index in [1.54, 1.807) is 74.4 Å². The monoisotopic (exact) mass is 1110 g/mol. The van der Waals surface area contributed by atoms with E-state index in [-0.39, 0.29) is 0 Å². The second kappa shape index (κ2) is 34.6. The van der Waals surface area contributed by atoms with Gasteiger partial charge in [0.2, 0.25) is 0 Å². The highest BCUT2D eigenvalue weighted by atomic mass is 16.5. The molecule has 0 saturated heterocycles. The fraction of sp³-hybridized carbons (Fsp3) is 0.524. The van der Waals surface area contributed by atoms with Crippen molar-refractivity contribution in [1.29, 1.82) is 0 Å². The minimum atomic E-state index is 0.355. The molecule has 0 atom stereocenters. The molecule has 0 spiro atoms. The summed E-state index contributed by atoms with van der Waals surface area (Å²) in [6.45, 7) is 0. The molecule has 6 saturated carbocycles. The zero-order valence-electron chi connectivity index (χ0n) is 47.5. The zero-order valence-corrected chi connectivity index (χ0v) is 47.5. The second-order valence-corrected chi connectivity index (χ2v) is 21.7. The Morgan fingerprint density at radius 1 is 0.222 bits per heavy atom. The van der Waals surface area contributed by atoms with Crippen molar-refractivity contribution in [3.05, 3.63) is 111 Å². The van der Waals surface area contributed by atoms with Gasteiger partial charge >= 0.3 is 0 Å². The van der Waals surface area contributed by atoms with Gasteiger partial charge in [-0.05, 0) is 154 Å². The van der Waals surface area contributed by atoms with Crippen molar-refractivity contribution in [3.63, 3.8) is 0 Å². The molecule has 0 aromatic carbocycles. The lowest BCUT2D eigenvalue weighted by molar-refractivity contribution is 0.155. The molecule has 12 N–H and O–H groups in total. The Hall–Kier alpha value is -7.50. The van der Waals surface area contributed by atoms with Crippen molar-refractivity contribution >= 4 is 34.1 Å². The minimum absolute atomic E-state index is 0.355. The third-order valence-corrected chi connectivity index (χ3v) is 15.2. The van der Waals surface area contributed by atoms with Crippen LogP contribution in [0.4, 0.5) is 34.1 Å². The van der Waals surface area contributed by atoms with Crippen LogP contribution in [0.3, 0.4) is 0 Å². The molecule has 18 nitrogen and oxygen atoms in total. The van der Waals surface area contributed by atoms with Crippen molar-refractivity contribution in [2.45, 2.75) is 210 Å². The third-order valence-electron chi connectivity index (χ3n) is 15.2. The maximum absolute atomic E-state index is 5.82. The van der Waals surface area contributed by atoms with Crippen LogP contribution in [0, 0.1) is 0 Å². The summed E-state index contributed by atoms with van der Waals surface area (Å²) in [5.74, 6) is 4.69. The number of pyridine rings is 6. The Kier molecular flexibility index (Phi) is 26.1. The van der Waals surface area contributed by atoms with Crippen molar-refractivity contribution in [1.82, 2.24) is 29.9 Å². The summed E-state index contributed by atoms with van der Waals surface area (Å²) in [6.07, 6.45) is 55.4. The molecule has 6 aliphatic carbocycles. The molecular formula is C63H90N12O6. The molecule has 0 amide bonds. The number of ether oxygens (including phenoxy) is 6. The fourth-order valence-electron chi connectivity index (χ4n) is 10.7. The number of anilines is 6. The molecule has 6 aromatic heterocycles. The first-order valence-electron chi connectivity index (χ1n) is 29.8. The highest BCUT2D eigenvalue weighted by molar-refractivity contribution is 5.53. The topological polar surface area (TPSA) is 289 Å². The summed E-state index contributed by atoms with van der Waals surface area (Å²) in [7, 11) is 0. The van der Waals surface area contributed by atoms with Gasteiger partial charge in [0.25, 0.3) is 0 Å². The van der Waals surface area contributed by atoms with E-state index in [0.717, 1.165) is 112 Å². The van der Waals surface area contributed by atoms with Crippen molar-refractivity contribution in [3.8, 4) is 34.5 Å². The molecule has 0 unspecified atom stereocenters. The largest absolute Gasteiger partial charge is 0.488 e. The Balaban J connectivity index is 0.000000140. The Morgan fingerprint density at radius 3 is 0.494 bits per heavy atom. The van der Waals surface area contributed by atoms with E-state index in [4.69, 9.17) is 62.8 Å². The highest BCUT2D eigenvalue weighted by Gasteiger charge is 2.21. The van der Waals surface area contributed by atoms with Gasteiger partial charge < -0.3 is 62.8 Å². The first-order chi connectivity index (χ1) is 39.7. The quantitative estimate of drug-likeness (QED) is 0.0664. The van der Waals surface area contributed by atoms with Gasteiger partial charge in [-0.15, -0.1) is 0 Å². The standard InChI is InChI=1S/3C11H16N2O.3C10H14N2O/c3*12-10-8-13-7-6-11(10)14-9-4-2-1-3-5-9;3*11-9-7-12-6-5-10(9)13-8-3-1-2-4-8/h3*6-9H,1-5,12H2;3*5-8H,1-4,11H2. The van der Waals surface area contributed by atoms with E-state index in [1.165, 1.54) is 96.3 Å². The molecule has 6 heterocycles. The lowest BCUT2D eigenvalue weighted by Gasteiger charge is -2.23. The first kappa shape index (κ1) is 61.1.